The number of carbonyl (C=O) groups excluding carboxylic acids is 2. The van der Waals surface area contributed by atoms with Crippen molar-refractivity contribution in [1.82, 2.24) is 9.80 Å². The Kier molecular flexibility index (Phi) is 6.76. The van der Waals surface area contributed by atoms with Crippen LogP contribution in [-0.4, -0.2) is 80.2 Å². The Bertz CT molecular complexity index is 800. The Hall–Kier alpha value is -2.58. The number of aliphatic hydroxyl groups is 1. The zero-order valence-electron chi connectivity index (χ0n) is 17.1. The van der Waals surface area contributed by atoms with E-state index in [1.165, 1.54) is 14.0 Å². The Balaban J connectivity index is 1.84. The molecule has 8 nitrogen and oxygen atoms in total. The third-order valence-electron chi connectivity index (χ3n) is 5.38. The van der Waals surface area contributed by atoms with Crippen LogP contribution in [0.3, 0.4) is 0 Å². The molecule has 2 heterocycles. The number of amides is 1. The van der Waals surface area contributed by atoms with Gasteiger partial charge in [-0.2, -0.15) is 0 Å². The molecule has 1 amide bonds. The summed E-state index contributed by atoms with van der Waals surface area (Å²) in [7, 11) is 3.07. The number of carbonyl (C=O) groups is 2. The molecule has 1 saturated heterocycles. The van der Waals surface area contributed by atoms with Crippen LogP contribution in [0.1, 0.15) is 24.9 Å². The van der Waals surface area contributed by atoms with Crippen molar-refractivity contribution in [2.75, 3.05) is 53.6 Å². The van der Waals surface area contributed by atoms with Gasteiger partial charge in [0.15, 0.2) is 23.0 Å². The number of benzene rings is 1. The molecule has 1 fully saturated rings. The summed E-state index contributed by atoms with van der Waals surface area (Å²) < 4.78 is 16.0. The fourth-order valence-electron chi connectivity index (χ4n) is 3.90. The Morgan fingerprint density at radius 3 is 2.48 bits per heavy atom. The van der Waals surface area contributed by atoms with Gasteiger partial charge in [0.05, 0.1) is 39.0 Å². The summed E-state index contributed by atoms with van der Waals surface area (Å²) in [4.78, 5) is 28.8. The van der Waals surface area contributed by atoms with Gasteiger partial charge in [0, 0.05) is 26.2 Å². The first kappa shape index (κ1) is 21.1. The Morgan fingerprint density at radius 2 is 1.86 bits per heavy atom. The molecule has 1 aromatic carbocycles. The second-order valence-corrected chi connectivity index (χ2v) is 7.14. The van der Waals surface area contributed by atoms with E-state index in [0.717, 1.165) is 26.1 Å². The van der Waals surface area contributed by atoms with E-state index in [2.05, 4.69) is 4.90 Å². The van der Waals surface area contributed by atoms with E-state index in [-0.39, 0.29) is 11.4 Å². The first-order valence-corrected chi connectivity index (χ1v) is 9.75. The Labute approximate surface area is 170 Å². The predicted octanol–water partition coefficient (Wildman–Crippen LogP) is 1.71. The van der Waals surface area contributed by atoms with E-state index in [1.54, 1.807) is 30.2 Å². The zero-order chi connectivity index (χ0) is 21.0. The average Bonchev–Trinajstić information content (AvgIpc) is 2.99. The van der Waals surface area contributed by atoms with Crippen molar-refractivity contribution in [3.05, 3.63) is 35.1 Å². The largest absolute Gasteiger partial charge is 0.503 e. The zero-order valence-corrected chi connectivity index (χ0v) is 17.1. The number of morpholine rings is 1. The van der Waals surface area contributed by atoms with Crippen LogP contribution in [0.15, 0.2) is 29.5 Å². The standard InChI is InChI=1S/C21H28N2O6/c1-14(24)18-19(15-5-6-16(27-2)17(13-15)28-3)23(21(26)20(18)25)8-4-7-22-9-11-29-12-10-22/h5-6,13,19,25H,4,7-12H2,1-3H3/t19-/m1/s1. The molecule has 0 spiro atoms. The topological polar surface area (TPSA) is 88.5 Å². The maximum atomic E-state index is 12.7. The highest BCUT2D eigenvalue weighted by molar-refractivity contribution is 6.08. The van der Waals surface area contributed by atoms with Crippen LogP contribution in [0.2, 0.25) is 0 Å². The molecule has 2 aliphatic heterocycles. The summed E-state index contributed by atoms with van der Waals surface area (Å²) in [6, 6.07) is 4.62. The number of methoxy groups -OCH3 is 2. The van der Waals surface area contributed by atoms with E-state index in [1.807, 2.05) is 0 Å². The summed E-state index contributed by atoms with van der Waals surface area (Å²) in [5.41, 5.74) is 0.810. The lowest BCUT2D eigenvalue weighted by atomic mass is 9.96. The second kappa shape index (κ2) is 9.28. The maximum absolute atomic E-state index is 12.7. The first-order chi connectivity index (χ1) is 14.0. The van der Waals surface area contributed by atoms with E-state index in [4.69, 9.17) is 14.2 Å². The number of ketones is 1. The van der Waals surface area contributed by atoms with Crippen LogP contribution in [-0.2, 0) is 14.3 Å². The van der Waals surface area contributed by atoms with Crippen LogP contribution < -0.4 is 9.47 Å². The van der Waals surface area contributed by atoms with Crippen molar-refractivity contribution in [3.63, 3.8) is 0 Å². The van der Waals surface area contributed by atoms with Crippen LogP contribution in [0.25, 0.3) is 0 Å². The number of nitrogens with zero attached hydrogens (tertiary/aromatic N) is 2. The minimum atomic E-state index is -0.649. The molecule has 1 N–H and O–H groups in total. The van der Waals surface area contributed by atoms with Crippen molar-refractivity contribution in [3.8, 4) is 11.5 Å². The molecule has 0 unspecified atom stereocenters. The minimum Gasteiger partial charge on any atom is -0.503 e. The van der Waals surface area contributed by atoms with Crippen molar-refractivity contribution in [2.45, 2.75) is 19.4 Å². The fourth-order valence-corrected chi connectivity index (χ4v) is 3.90. The molecule has 1 atom stereocenters. The lowest BCUT2D eigenvalue weighted by Crippen LogP contribution is -2.39. The Morgan fingerprint density at radius 1 is 1.17 bits per heavy atom. The molecule has 158 valence electrons. The van der Waals surface area contributed by atoms with E-state index in [0.29, 0.717) is 36.8 Å². The lowest BCUT2D eigenvalue weighted by molar-refractivity contribution is -0.129. The fraction of sp³-hybridized carbons (Fsp3) is 0.524. The second-order valence-electron chi connectivity index (χ2n) is 7.14. The molecule has 0 radical (unpaired) electrons. The van der Waals surface area contributed by atoms with Gasteiger partial charge in [-0.1, -0.05) is 6.07 Å². The van der Waals surface area contributed by atoms with Gasteiger partial charge >= 0.3 is 0 Å². The molecule has 0 bridgehead atoms. The molecular formula is C21H28N2O6. The third-order valence-corrected chi connectivity index (χ3v) is 5.38. The van der Waals surface area contributed by atoms with Crippen LogP contribution >= 0.6 is 0 Å². The van der Waals surface area contributed by atoms with E-state index in [9.17, 15) is 14.7 Å². The minimum absolute atomic E-state index is 0.119. The summed E-state index contributed by atoms with van der Waals surface area (Å²) in [6.45, 7) is 5.79. The quantitative estimate of drug-likeness (QED) is 0.706. The molecule has 0 aromatic heterocycles. The van der Waals surface area contributed by atoms with Crippen LogP contribution in [0, 0.1) is 0 Å². The van der Waals surface area contributed by atoms with Gasteiger partial charge in [0.1, 0.15) is 0 Å². The lowest BCUT2D eigenvalue weighted by Gasteiger charge is -2.30. The van der Waals surface area contributed by atoms with Crippen molar-refractivity contribution in [1.29, 1.82) is 0 Å². The monoisotopic (exact) mass is 404 g/mol. The molecule has 29 heavy (non-hydrogen) atoms. The number of hydrogen-bond acceptors (Lipinski definition) is 7. The summed E-state index contributed by atoms with van der Waals surface area (Å²) in [5, 5.41) is 10.4. The molecule has 3 rings (SSSR count). The summed E-state index contributed by atoms with van der Waals surface area (Å²) in [5.74, 6) is -0.260. The third kappa shape index (κ3) is 4.38. The summed E-state index contributed by atoms with van der Waals surface area (Å²) >= 11 is 0. The highest BCUT2D eigenvalue weighted by Gasteiger charge is 2.42. The van der Waals surface area contributed by atoms with Crippen LogP contribution in [0.5, 0.6) is 11.5 Å². The average molecular weight is 404 g/mol. The van der Waals surface area contributed by atoms with Crippen molar-refractivity contribution >= 4 is 11.7 Å². The van der Waals surface area contributed by atoms with Crippen molar-refractivity contribution < 1.29 is 28.9 Å². The van der Waals surface area contributed by atoms with Gasteiger partial charge < -0.3 is 24.2 Å². The van der Waals surface area contributed by atoms with Crippen LogP contribution in [0.4, 0.5) is 0 Å². The number of ether oxygens (including phenoxy) is 3. The van der Waals surface area contributed by atoms with Gasteiger partial charge in [-0.05, 0) is 31.0 Å². The molecule has 2 aliphatic rings. The van der Waals surface area contributed by atoms with Crippen molar-refractivity contribution in [2.24, 2.45) is 0 Å². The summed E-state index contributed by atoms with van der Waals surface area (Å²) in [6.07, 6.45) is 0.730. The van der Waals surface area contributed by atoms with Gasteiger partial charge in [0.25, 0.3) is 5.91 Å². The molecular weight excluding hydrogens is 376 g/mol. The molecule has 0 aliphatic carbocycles. The smallest absolute Gasteiger partial charge is 0.290 e. The van der Waals surface area contributed by atoms with E-state index >= 15 is 0 Å². The predicted molar refractivity (Wildman–Crippen MR) is 106 cm³/mol. The number of Topliss-reactive ketones (excluding diaryl/α,β-unsaturated/α-hetero) is 1. The van der Waals surface area contributed by atoms with Gasteiger partial charge in [-0.3, -0.25) is 14.5 Å². The number of aliphatic hydroxyl groups excluding tert-OH is 1. The van der Waals surface area contributed by atoms with E-state index < -0.39 is 17.7 Å². The van der Waals surface area contributed by atoms with Gasteiger partial charge in [0.2, 0.25) is 0 Å². The molecule has 0 saturated carbocycles. The number of rotatable bonds is 8. The highest BCUT2D eigenvalue weighted by atomic mass is 16.5. The van der Waals surface area contributed by atoms with Gasteiger partial charge in [-0.25, -0.2) is 0 Å². The first-order valence-electron chi connectivity index (χ1n) is 9.75. The van der Waals surface area contributed by atoms with Gasteiger partial charge in [-0.15, -0.1) is 0 Å². The molecule has 8 heteroatoms. The normalized spacial score (nSPS) is 20.3. The maximum Gasteiger partial charge on any atom is 0.290 e. The molecule has 1 aromatic rings. The highest BCUT2D eigenvalue weighted by Crippen LogP contribution is 2.40. The number of hydrogen-bond donors (Lipinski definition) is 1. The SMILES string of the molecule is COc1ccc([C@@H]2C(C(C)=O)=C(O)C(=O)N2CCCN2CCOCC2)cc1OC.